The van der Waals surface area contributed by atoms with E-state index >= 15 is 0 Å². The van der Waals surface area contributed by atoms with Gasteiger partial charge in [-0.3, -0.25) is 9.59 Å². The smallest absolute Gasteiger partial charge is 0.299 e. The van der Waals surface area contributed by atoms with E-state index in [4.69, 9.17) is 9.47 Å². The molecule has 0 fully saturated rings. The van der Waals surface area contributed by atoms with Crippen molar-refractivity contribution in [2.45, 2.75) is 6.42 Å². The molecule has 2 rings (SSSR count). The normalized spacial score (nSPS) is 14.0. The highest BCUT2D eigenvalue weighted by Crippen LogP contribution is 2.31. The fourth-order valence-corrected chi connectivity index (χ4v) is 2.00. The van der Waals surface area contributed by atoms with Crippen molar-refractivity contribution in [3.8, 4) is 5.75 Å². The summed E-state index contributed by atoms with van der Waals surface area (Å²) in [4.78, 5) is 25.2. The number of carbonyl (C=O) groups excluding carboxylic acids is 2. The summed E-state index contributed by atoms with van der Waals surface area (Å²) < 4.78 is 10.0. The van der Waals surface area contributed by atoms with Crippen LogP contribution < -0.4 is 9.64 Å². The highest BCUT2D eigenvalue weighted by atomic mass is 16.5. The third-order valence-corrected chi connectivity index (χ3v) is 2.91. The van der Waals surface area contributed by atoms with Gasteiger partial charge in [0, 0.05) is 20.3 Å². The molecule has 0 aliphatic carbocycles. The Kier molecular flexibility index (Phi) is 3.62. The van der Waals surface area contributed by atoms with Crippen molar-refractivity contribution < 1.29 is 19.1 Å². The van der Waals surface area contributed by atoms with Crippen LogP contribution in [0, 0.1) is 0 Å². The lowest BCUT2D eigenvalue weighted by molar-refractivity contribution is -0.114. The second kappa shape index (κ2) is 5.18. The van der Waals surface area contributed by atoms with E-state index in [1.54, 1.807) is 25.3 Å². The van der Waals surface area contributed by atoms with E-state index in [1.807, 2.05) is 0 Å². The molecule has 0 atom stereocenters. The molecule has 1 aromatic rings. The molecule has 0 aromatic heterocycles. The molecule has 1 aromatic carbocycles. The van der Waals surface area contributed by atoms with Gasteiger partial charge >= 0.3 is 0 Å². The SMILES string of the molecule is COCCCN1C(=O)C(=O)c2cc(OC)ccc21. The maximum absolute atomic E-state index is 11.9. The maximum atomic E-state index is 11.9. The molecule has 96 valence electrons. The van der Waals surface area contributed by atoms with E-state index in [0.717, 1.165) is 0 Å². The van der Waals surface area contributed by atoms with Gasteiger partial charge in [0.15, 0.2) is 0 Å². The fourth-order valence-electron chi connectivity index (χ4n) is 2.00. The third kappa shape index (κ3) is 2.09. The minimum Gasteiger partial charge on any atom is -0.497 e. The van der Waals surface area contributed by atoms with Crippen LogP contribution in [0.5, 0.6) is 5.75 Å². The Hall–Kier alpha value is -1.88. The van der Waals surface area contributed by atoms with Gasteiger partial charge in [-0.2, -0.15) is 0 Å². The Labute approximate surface area is 105 Å². The summed E-state index contributed by atoms with van der Waals surface area (Å²) in [6.45, 7) is 1.04. The first-order valence-corrected chi connectivity index (χ1v) is 5.72. The number of methoxy groups -OCH3 is 2. The maximum Gasteiger partial charge on any atom is 0.299 e. The molecule has 18 heavy (non-hydrogen) atoms. The number of anilines is 1. The van der Waals surface area contributed by atoms with Crippen LogP contribution in [0.15, 0.2) is 18.2 Å². The lowest BCUT2D eigenvalue weighted by Crippen LogP contribution is -2.31. The average molecular weight is 249 g/mol. The number of hydrogen-bond donors (Lipinski definition) is 0. The van der Waals surface area contributed by atoms with Gasteiger partial charge in [0.05, 0.1) is 18.4 Å². The molecule has 0 N–H and O–H groups in total. The molecule has 5 nitrogen and oxygen atoms in total. The van der Waals surface area contributed by atoms with Gasteiger partial charge in [-0.05, 0) is 24.6 Å². The van der Waals surface area contributed by atoms with E-state index in [9.17, 15) is 9.59 Å². The van der Waals surface area contributed by atoms with Crippen molar-refractivity contribution in [2.24, 2.45) is 0 Å². The number of Topliss-reactive ketones (excluding diaryl/α,β-unsaturated/α-hetero) is 1. The summed E-state index contributed by atoms with van der Waals surface area (Å²) in [5.41, 5.74) is 1.07. The molecular weight excluding hydrogens is 234 g/mol. The van der Waals surface area contributed by atoms with Gasteiger partial charge in [0.25, 0.3) is 11.7 Å². The molecule has 1 heterocycles. The van der Waals surface area contributed by atoms with Crippen molar-refractivity contribution in [2.75, 3.05) is 32.3 Å². The monoisotopic (exact) mass is 249 g/mol. The molecule has 5 heteroatoms. The second-order valence-electron chi connectivity index (χ2n) is 4.02. The van der Waals surface area contributed by atoms with Crippen LogP contribution in [-0.2, 0) is 9.53 Å². The van der Waals surface area contributed by atoms with E-state index in [2.05, 4.69) is 0 Å². The average Bonchev–Trinajstić information content (AvgIpc) is 2.63. The molecule has 1 aliphatic rings. The zero-order valence-corrected chi connectivity index (χ0v) is 10.4. The summed E-state index contributed by atoms with van der Waals surface area (Å²) in [6.07, 6.45) is 0.695. The van der Waals surface area contributed by atoms with E-state index in [0.29, 0.717) is 36.6 Å². The quantitative estimate of drug-likeness (QED) is 0.582. The predicted octanol–water partition coefficient (Wildman–Crippen LogP) is 1.26. The van der Waals surface area contributed by atoms with Crippen LogP contribution in [0.3, 0.4) is 0 Å². The molecule has 0 saturated carbocycles. The molecule has 0 bridgehead atoms. The third-order valence-electron chi connectivity index (χ3n) is 2.91. The predicted molar refractivity (Wildman–Crippen MR) is 66.2 cm³/mol. The lowest BCUT2D eigenvalue weighted by atomic mass is 10.1. The number of benzene rings is 1. The Balaban J connectivity index is 2.26. The first-order valence-electron chi connectivity index (χ1n) is 5.72. The Morgan fingerprint density at radius 3 is 2.67 bits per heavy atom. The molecular formula is C13H15NO4. The summed E-state index contributed by atoms with van der Waals surface area (Å²) in [7, 11) is 3.13. The molecule has 1 amide bonds. The number of ketones is 1. The zero-order valence-electron chi connectivity index (χ0n) is 10.4. The fraction of sp³-hybridized carbons (Fsp3) is 0.385. The zero-order chi connectivity index (χ0) is 13.1. The van der Waals surface area contributed by atoms with Crippen molar-refractivity contribution in [1.29, 1.82) is 0 Å². The van der Waals surface area contributed by atoms with Crippen molar-refractivity contribution in [1.82, 2.24) is 0 Å². The largest absolute Gasteiger partial charge is 0.497 e. The topological polar surface area (TPSA) is 55.8 Å². The Bertz CT molecular complexity index is 484. The van der Waals surface area contributed by atoms with E-state index in [1.165, 1.54) is 12.0 Å². The number of rotatable bonds is 5. The van der Waals surface area contributed by atoms with E-state index in [-0.39, 0.29) is 0 Å². The molecule has 0 spiro atoms. The van der Waals surface area contributed by atoms with Gasteiger partial charge in [-0.1, -0.05) is 0 Å². The lowest BCUT2D eigenvalue weighted by Gasteiger charge is -2.16. The number of ether oxygens (including phenoxy) is 2. The van der Waals surface area contributed by atoms with Gasteiger partial charge in [0.2, 0.25) is 0 Å². The number of nitrogens with zero attached hydrogens (tertiary/aromatic N) is 1. The first kappa shape index (κ1) is 12.6. The number of amides is 1. The summed E-state index contributed by atoms with van der Waals surface area (Å²) in [5.74, 6) is -0.371. The standard InChI is InChI=1S/C13H15NO4/c1-17-7-3-6-14-11-5-4-9(18-2)8-10(11)12(15)13(14)16/h4-5,8H,3,6-7H2,1-2H3. The second-order valence-corrected chi connectivity index (χ2v) is 4.02. The van der Waals surface area contributed by atoms with Crippen LogP contribution in [0.1, 0.15) is 16.8 Å². The first-order chi connectivity index (χ1) is 8.69. The molecule has 0 radical (unpaired) electrons. The van der Waals surface area contributed by atoms with Crippen LogP contribution in [-0.4, -0.2) is 39.1 Å². The van der Waals surface area contributed by atoms with Gasteiger partial charge in [-0.15, -0.1) is 0 Å². The van der Waals surface area contributed by atoms with Gasteiger partial charge < -0.3 is 14.4 Å². The highest BCUT2D eigenvalue weighted by Gasteiger charge is 2.35. The number of carbonyl (C=O) groups is 2. The minimum absolute atomic E-state index is 0.414. The van der Waals surface area contributed by atoms with Crippen molar-refractivity contribution >= 4 is 17.4 Å². The highest BCUT2D eigenvalue weighted by molar-refractivity contribution is 6.52. The van der Waals surface area contributed by atoms with Crippen LogP contribution in [0.4, 0.5) is 5.69 Å². The minimum atomic E-state index is -0.477. The van der Waals surface area contributed by atoms with Gasteiger partial charge in [-0.25, -0.2) is 0 Å². The Morgan fingerprint density at radius 2 is 2.00 bits per heavy atom. The van der Waals surface area contributed by atoms with Gasteiger partial charge in [0.1, 0.15) is 5.75 Å². The summed E-state index contributed by atoms with van der Waals surface area (Å²) in [6, 6.07) is 5.09. The summed E-state index contributed by atoms with van der Waals surface area (Å²) in [5, 5.41) is 0. The Morgan fingerprint density at radius 1 is 1.22 bits per heavy atom. The van der Waals surface area contributed by atoms with Crippen LogP contribution >= 0.6 is 0 Å². The number of fused-ring (bicyclic) bond motifs is 1. The van der Waals surface area contributed by atoms with Crippen molar-refractivity contribution in [3.63, 3.8) is 0 Å². The van der Waals surface area contributed by atoms with Crippen LogP contribution in [0.2, 0.25) is 0 Å². The molecule has 0 unspecified atom stereocenters. The molecule has 1 aliphatic heterocycles. The van der Waals surface area contributed by atoms with E-state index < -0.39 is 11.7 Å². The summed E-state index contributed by atoms with van der Waals surface area (Å²) >= 11 is 0. The van der Waals surface area contributed by atoms with Crippen LogP contribution in [0.25, 0.3) is 0 Å². The van der Waals surface area contributed by atoms with Crippen molar-refractivity contribution in [3.05, 3.63) is 23.8 Å². The number of hydrogen-bond acceptors (Lipinski definition) is 4. The molecule has 0 saturated heterocycles.